The fraction of sp³-hybridized carbons (Fsp3) is 0.480. The number of amides is 1. The highest BCUT2D eigenvalue weighted by atomic mass is 32.2. The predicted octanol–water partition coefficient (Wildman–Crippen LogP) is 3.42. The molecular weight excluding hydrogens is 422 g/mol. The molecule has 0 aliphatic rings. The van der Waals surface area contributed by atoms with Gasteiger partial charge in [0.15, 0.2) is 0 Å². The summed E-state index contributed by atoms with van der Waals surface area (Å²) in [6, 6.07) is 12.2. The van der Waals surface area contributed by atoms with Crippen molar-refractivity contribution >= 4 is 16.9 Å². The van der Waals surface area contributed by atoms with Crippen molar-refractivity contribution in [2.75, 3.05) is 48.4 Å². The van der Waals surface area contributed by atoms with Gasteiger partial charge >= 0.3 is 0 Å². The van der Waals surface area contributed by atoms with E-state index in [9.17, 15) is 9.00 Å². The molecule has 0 radical (unpaired) electrons. The molecule has 2 rings (SSSR count). The van der Waals surface area contributed by atoms with Crippen molar-refractivity contribution in [2.45, 2.75) is 38.1 Å². The van der Waals surface area contributed by atoms with Crippen LogP contribution in [0.5, 0.6) is 5.75 Å². The Morgan fingerprint density at radius 3 is 2.19 bits per heavy atom. The summed E-state index contributed by atoms with van der Waals surface area (Å²) in [7, 11) is 8.04. The minimum atomic E-state index is -1.34. The van der Waals surface area contributed by atoms with Crippen LogP contribution in [0.3, 0.4) is 0 Å². The van der Waals surface area contributed by atoms with Crippen LogP contribution in [0.1, 0.15) is 28.7 Å². The van der Waals surface area contributed by atoms with Crippen LogP contribution in [0.15, 0.2) is 41.3 Å². The Morgan fingerprint density at radius 2 is 1.59 bits per heavy atom. The Bertz CT molecular complexity index is 923. The van der Waals surface area contributed by atoms with Gasteiger partial charge in [-0.1, -0.05) is 24.3 Å². The molecule has 0 saturated heterocycles. The highest BCUT2D eigenvalue weighted by molar-refractivity contribution is 7.82. The Morgan fingerprint density at radius 1 is 0.969 bits per heavy atom. The molecule has 7 heteroatoms. The monoisotopic (exact) mass is 459 g/mol. The molecule has 2 aromatic rings. The molecule has 1 amide bonds. The summed E-state index contributed by atoms with van der Waals surface area (Å²) in [6.07, 6.45) is 1.30. The van der Waals surface area contributed by atoms with Crippen LogP contribution in [0, 0.1) is 13.8 Å². The fourth-order valence-electron chi connectivity index (χ4n) is 3.58. The Balaban J connectivity index is 1.93. The van der Waals surface area contributed by atoms with Gasteiger partial charge in [-0.15, -0.1) is 0 Å². The van der Waals surface area contributed by atoms with E-state index in [1.54, 1.807) is 23.4 Å². The zero-order valence-electron chi connectivity index (χ0n) is 20.5. The number of methoxy groups -OCH3 is 1. The number of aryl methyl sites for hydroxylation is 2. The van der Waals surface area contributed by atoms with Crippen molar-refractivity contribution in [1.82, 2.24) is 14.1 Å². The molecule has 0 aliphatic carbocycles. The first-order chi connectivity index (χ1) is 15.1. The van der Waals surface area contributed by atoms with Crippen LogP contribution < -0.4 is 4.74 Å². The Kier molecular flexibility index (Phi) is 9.87. The minimum Gasteiger partial charge on any atom is -0.497 e. The van der Waals surface area contributed by atoms with Crippen molar-refractivity contribution in [3.63, 3.8) is 0 Å². The minimum absolute atomic E-state index is 0.0377. The average molecular weight is 460 g/mol. The van der Waals surface area contributed by atoms with Crippen molar-refractivity contribution in [2.24, 2.45) is 0 Å². The van der Waals surface area contributed by atoms with Gasteiger partial charge in [-0.2, -0.15) is 0 Å². The molecule has 0 saturated carbocycles. The maximum absolute atomic E-state index is 13.1. The van der Waals surface area contributed by atoms with Crippen LogP contribution in [0.25, 0.3) is 0 Å². The van der Waals surface area contributed by atoms with Gasteiger partial charge in [-0.05, 0) is 68.8 Å². The lowest BCUT2D eigenvalue weighted by molar-refractivity contribution is -0.130. The molecule has 0 aromatic heterocycles. The third-order valence-corrected chi connectivity index (χ3v) is 7.19. The van der Waals surface area contributed by atoms with Gasteiger partial charge < -0.3 is 14.5 Å². The molecule has 1 unspecified atom stereocenters. The maximum Gasteiger partial charge on any atom is 0.223 e. The summed E-state index contributed by atoms with van der Waals surface area (Å²) >= 11 is 0. The number of nitrogens with zero attached hydrogens (tertiary/aromatic N) is 3. The molecule has 32 heavy (non-hydrogen) atoms. The van der Waals surface area contributed by atoms with Crippen LogP contribution in [0.4, 0.5) is 0 Å². The topological polar surface area (TPSA) is 53.1 Å². The molecular formula is C25H37N3O3S. The van der Waals surface area contributed by atoms with Crippen LogP contribution in [-0.2, 0) is 28.7 Å². The third-order valence-electron chi connectivity index (χ3n) is 5.45. The molecule has 2 aromatic carbocycles. The van der Waals surface area contributed by atoms with E-state index < -0.39 is 11.0 Å². The van der Waals surface area contributed by atoms with E-state index >= 15 is 0 Å². The van der Waals surface area contributed by atoms with Crippen molar-refractivity contribution < 1.29 is 13.7 Å². The highest BCUT2D eigenvalue weighted by Gasteiger charge is 2.19. The molecule has 0 heterocycles. The number of hydrogen-bond donors (Lipinski definition) is 0. The smallest absolute Gasteiger partial charge is 0.223 e. The number of benzene rings is 2. The summed E-state index contributed by atoms with van der Waals surface area (Å²) < 4.78 is 20.1. The molecule has 176 valence electrons. The van der Waals surface area contributed by atoms with Crippen LogP contribution >= 0.6 is 0 Å². The summed E-state index contributed by atoms with van der Waals surface area (Å²) in [6.45, 7) is 5.85. The SMILES string of the molecule is COc1cc(C)c(S(=O)N(C)CCC(=O)N(C)Cc2cccc(CCN(C)C)c2)c(C)c1. The van der Waals surface area contributed by atoms with E-state index in [2.05, 4.69) is 43.3 Å². The molecule has 1 atom stereocenters. The van der Waals surface area contributed by atoms with Gasteiger partial charge in [0.05, 0.1) is 12.0 Å². The van der Waals surface area contributed by atoms with Gasteiger partial charge in [0.1, 0.15) is 16.7 Å². The standard InChI is InChI=1S/C25H37N3O3S/c1-19-15-23(31-7)16-20(2)25(19)32(30)28(6)14-12-24(29)27(5)18-22-10-8-9-21(17-22)11-13-26(3)4/h8-10,15-17H,11-14,18H2,1-7H3. The summed E-state index contributed by atoms with van der Waals surface area (Å²) in [5.41, 5.74) is 4.24. The molecule has 6 nitrogen and oxygen atoms in total. The Hall–Kier alpha value is -2.22. The summed E-state index contributed by atoms with van der Waals surface area (Å²) in [4.78, 5) is 17.4. The van der Waals surface area contributed by atoms with Crippen LogP contribution in [-0.4, -0.2) is 72.6 Å². The summed E-state index contributed by atoms with van der Waals surface area (Å²) in [5.74, 6) is 0.793. The number of carbonyl (C=O) groups excluding carboxylic acids is 1. The Labute approximate surface area is 195 Å². The second kappa shape index (κ2) is 12.1. The van der Waals surface area contributed by atoms with Gasteiger partial charge in [-0.3, -0.25) is 4.79 Å². The number of likely N-dealkylation sites (N-methyl/N-ethyl adjacent to an activating group) is 1. The van der Waals surface area contributed by atoms with E-state index in [0.29, 0.717) is 19.5 Å². The van der Waals surface area contributed by atoms with Crippen LogP contribution in [0.2, 0.25) is 0 Å². The zero-order valence-corrected chi connectivity index (χ0v) is 21.3. The normalized spacial score (nSPS) is 12.3. The highest BCUT2D eigenvalue weighted by Crippen LogP contribution is 2.25. The molecule has 0 aliphatic heterocycles. The first-order valence-electron chi connectivity index (χ1n) is 10.9. The van der Waals surface area contributed by atoms with Crippen molar-refractivity contribution in [1.29, 1.82) is 0 Å². The van der Waals surface area contributed by atoms with E-state index in [4.69, 9.17) is 4.74 Å². The van der Waals surface area contributed by atoms with Gasteiger partial charge in [0.25, 0.3) is 0 Å². The molecule has 0 bridgehead atoms. The van der Waals surface area contributed by atoms with E-state index in [1.807, 2.05) is 33.0 Å². The van der Waals surface area contributed by atoms with Crippen molar-refractivity contribution in [3.8, 4) is 5.75 Å². The lowest BCUT2D eigenvalue weighted by Gasteiger charge is -2.22. The average Bonchev–Trinajstić information content (AvgIpc) is 2.75. The molecule has 0 fully saturated rings. The van der Waals surface area contributed by atoms with Gasteiger partial charge in [0.2, 0.25) is 5.91 Å². The number of rotatable bonds is 11. The lowest BCUT2D eigenvalue weighted by Crippen LogP contribution is -2.31. The van der Waals surface area contributed by atoms with E-state index in [0.717, 1.165) is 40.3 Å². The fourth-order valence-corrected chi connectivity index (χ4v) is 4.82. The lowest BCUT2D eigenvalue weighted by atomic mass is 10.1. The zero-order chi connectivity index (χ0) is 23.8. The second-order valence-electron chi connectivity index (χ2n) is 8.56. The number of ether oxygens (including phenoxy) is 1. The first-order valence-corrected chi connectivity index (χ1v) is 12.0. The largest absolute Gasteiger partial charge is 0.497 e. The summed E-state index contributed by atoms with van der Waals surface area (Å²) in [5, 5.41) is 0. The van der Waals surface area contributed by atoms with Gasteiger partial charge in [-0.25, -0.2) is 8.51 Å². The number of hydrogen-bond acceptors (Lipinski definition) is 4. The van der Waals surface area contributed by atoms with Gasteiger partial charge in [0, 0.05) is 40.2 Å². The number of carbonyl (C=O) groups is 1. The van der Waals surface area contributed by atoms with E-state index in [1.165, 1.54) is 5.56 Å². The van der Waals surface area contributed by atoms with E-state index in [-0.39, 0.29) is 5.91 Å². The quantitative estimate of drug-likeness (QED) is 0.517. The van der Waals surface area contributed by atoms with Crippen molar-refractivity contribution in [3.05, 3.63) is 58.7 Å². The maximum atomic E-state index is 13.1. The first kappa shape index (κ1) is 26.0. The molecule has 0 N–H and O–H groups in total. The third kappa shape index (κ3) is 7.43. The second-order valence-corrected chi connectivity index (χ2v) is 10.1. The predicted molar refractivity (Wildman–Crippen MR) is 131 cm³/mol. The molecule has 0 spiro atoms.